The summed E-state index contributed by atoms with van der Waals surface area (Å²) in [6.07, 6.45) is 6.33. The summed E-state index contributed by atoms with van der Waals surface area (Å²) >= 11 is 0. The van der Waals surface area contributed by atoms with Crippen LogP contribution in [-0.4, -0.2) is 14.7 Å². The summed E-state index contributed by atoms with van der Waals surface area (Å²) in [5.41, 5.74) is 1.97. The van der Waals surface area contributed by atoms with Gasteiger partial charge in [-0.1, -0.05) is 30.3 Å². The molecule has 1 atom stereocenters. The molecule has 2 aromatic rings. The van der Waals surface area contributed by atoms with Crippen molar-refractivity contribution in [3.8, 4) is 0 Å². The lowest BCUT2D eigenvalue weighted by Gasteiger charge is -2.12. The maximum atomic E-state index is 9.80. The molecule has 0 aliphatic carbocycles. The number of rotatable bonds is 4. The molecular formula is C13H14N2O. The predicted molar refractivity (Wildman–Crippen MR) is 62.9 cm³/mol. The molecule has 0 radical (unpaired) electrons. The predicted octanol–water partition coefficient (Wildman–Crippen LogP) is 2.15. The smallest absolute Gasteiger partial charge is 0.0972 e. The average Bonchev–Trinajstić information content (AvgIpc) is 2.82. The highest BCUT2D eigenvalue weighted by Gasteiger charge is 2.08. The third-order valence-electron chi connectivity index (χ3n) is 2.51. The molecule has 1 heterocycles. The van der Waals surface area contributed by atoms with E-state index in [2.05, 4.69) is 11.6 Å². The number of aliphatic hydroxyl groups is 1. The Morgan fingerprint density at radius 3 is 2.94 bits per heavy atom. The third-order valence-corrected chi connectivity index (χ3v) is 2.51. The number of benzene rings is 1. The fourth-order valence-electron chi connectivity index (χ4n) is 1.67. The number of imidazole rings is 1. The summed E-state index contributed by atoms with van der Waals surface area (Å²) in [7, 11) is 0. The van der Waals surface area contributed by atoms with Crippen LogP contribution in [0.15, 0.2) is 55.6 Å². The minimum absolute atomic E-state index is 0.611. The van der Waals surface area contributed by atoms with Crippen molar-refractivity contribution in [2.45, 2.75) is 12.6 Å². The van der Waals surface area contributed by atoms with Crippen LogP contribution in [0.3, 0.4) is 0 Å². The fraction of sp³-hybridized carbons (Fsp3) is 0.154. The van der Waals surface area contributed by atoms with E-state index in [1.54, 1.807) is 12.5 Å². The van der Waals surface area contributed by atoms with Crippen LogP contribution in [0, 0.1) is 0 Å². The van der Waals surface area contributed by atoms with E-state index >= 15 is 0 Å². The Labute approximate surface area is 94.7 Å². The van der Waals surface area contributed by atoms with Crippen molar-refractivity contribution in [2.75, 3.05) is 0 Å². The zero-order valence-electron chi connectivity index (χ0n) is 8.95. The van der Waals surface area contributed by atoms with E-state index in [0.717, 1.165) is 11.1 Å². The molecule has 3 nitrogen and oxygen atoms in total. The minimum Gasteiger partial charge on any atom is -0.384 e. The lowest BCUT2D eigenvalue weighted by atomic mass is 10.0. The van der Waals surface area contributed by atoms with Gasteiger partial charge in [-0.2, -0.15) is 0 Å². The van der Waals surface area contributed by atoms with Crippen LogP contribution < -0.4 is 0 Å². The Bertz CT molecular complexity index is 463. The monoisotopic (exact) mass is 214 g/mol. The van der Waals surface area contributed by atoms with Crippen molar-refractivity contribution in [1.29, 1.82) is 0 Å². The molecule has 0 bridgehead atoms. The van der Waals surface area contributed by atoms with Crippen LogP contribution >= 0.6 is 0 Å². The first-order valence-electron chi connectivity index (χ1n) is 5.15. The number of hydrogen-bond acceptors (Lipinski definition) is 2. The van der Waals surface area contributed by atoms with Gasteiger partial charge in [0.2, 0.25) is 0 Å². The first-order chi connectivity index (χ1) is 7.81. The van der Waals surface area contributed by atoms with Crippen molar-refractivity contribution < 1.29 is 5.11 Å². The molecule has 0 saturated carbocycles. The lowest BCUT2D eigenvalue weighted by molar-refractivity contribution is 0.227. The Balaban J connectivity index is 2.29. The van der Waals surface area contributed by atoms with Crippen LogP contribution in [0.4, 0.5) is 0 Å². The summed E-state index contributed by atoms with van der Waals surface area (Å²) in [6, 6.07) is 7.80. The summed E-state index contributed by atoms with van der Waals surface area (Å²) in [4.78, 5) is 3.99. The fourth-order valence-corrected chi connectivity index (χ4v) is 1.67. The zero-order valence-corrected chi connectivity index (χ0v) is 8.95. The van der Waals surface area contributed by atoms with Gasteiger partial charge in [-0.05, 0) is 11.1 Å². The molecule has 0 aliphatic rings. The summed E-state index contributed by atoms with van der Waals surface area (Å²) < 4.78 is 1.97. The second-order valence-electron chi connectivity index (χ2n) is 3.61. The molecule has 1 N–H and O–H groups in total. The maximum Gasteiger partial charge on any atom is 0.0972 e. The van der Waals surface area contributed by atoms with Crippen LogP contribution in [-0.2, 0) is 6.54 Å². The molecule has 3 heteroatoms. The van der Waals surface area contributed by atoms with Gasteiger partial charge in [0.15, 0.2) is 0 Å². The molecule has 0 spiro atoms. The molecule has 16 heavy (non-hydrogen) atoms. The van der Waals surface area contributed by atoms with E-state index in [0.29, 0.717) is 6.54 Å². The molecule has 0 saturated heterocycles. The Kier molecular flexibility index (Phi) is 3.17. The first kappa shape index (κ1) is 10.6. The summed E-state index contributed by atoms with van der Waals surface area (Å²) in [5.74, 6) is 0. The second-order valence-corrected chi connectivity index (χ2v) is 3.61. The van der Waals surface area contributed by atoms with E-state index < -0.39 is 6.10 Å². The topological polar surface area (TPSA) is 38.0 Å². The van der Waals surface area contributed by atoms with Crippen molar-refractivity contribution in [3.05, 3.63) is 66.8 Å². The van der Waals surface area contributed by atoms with Crippen molar-refractivity contribution in [3.63, 3.8) is 0 Å². The van der Waals surface area contributed by atoms with Gasteiger partial charge in [0, 0.05) is 18.9 Å². The number of hydrogen-bond donors (Lipinski definition) is 1. The van der Waals surface area contributed by atoms with E-state index in [9.17, 15) is 5.11 Å². The van der Waals surface area contributed by atoms with E-state index in [-0.39, 0.29) is 0 Å². The van der Waals surface area contributed by atoms with Gasteiger partial charge in [0.25, 0.3) is 0 Å². The zero-order chi connectivity index (χ0) is 11.4. The molecule has 1 aromatic heterocycles. The van der Waals surface area contributed by atoms with Crippen molar-refractivity contribution in [2.24, 2.45) is 0 Å². The SMILES string of the molecule is C=CC(O)c1ccccc1Cn1ccnc1. The number of nitrogens with zero attached hydrogens (tertiary/aromatic N) is 2. The van der Waals surface area contributed by atoms with Gasteiger partial charge in [-0.15, -0.1) is 6.58 Å². The van der Waals surface area contributed by atoms with Gasteiger partial charge in [-0.3, -0.25) is 0 Å². The van der Waals surface area contributed by atoms with Gasteiger partial charge in [-0.25, -0.2) is 4.98 Å². The summed E-state index contributed by atoms with van der Waals surface area (Å²) in [6.45, 7) is 4.32. The Morgan fingerprint density at radius 2 is 2.25 bits per heavy atom. The Hall–Kier alpha value is -1.87. The van der Waals surface area contributed by atoms with Gasteiger partial charge < -0.3 is 9.67 Å². The highest BCUT2D eigenvalue weighted by molar-refractivity contribution is 5.31. The first-order valence-corrected chi connectivity index (χ1v) is 5.15. The molecule has 0 aliphatic heterocycles. The molecule has 2 rings (SSSR count). The number of aromatic nitrogens is 2. The molecule has 1 unspecified atom stereocenters. The standard InChI is InChI=1S/C13H14N2O/c1-2-13(16)12-6-4-3-5-11(12)9-15-8-7-14-10-15/h2-8,10,13,16H,1,9H2. The van der Waals surface area contributed by atoms with Gasteiger partial charge >= 0.3 is 0 Å². The van der Waals surface area contributed by atoms with Crippen LogP contribution in [0.1, 0.15) is 17.2 Å². The van der Waals surface area contributed by atoms with E-state index in [1.807, 2.05) is 35.0 Å². The quantitative estimate of drug-likeness (QED) is 0.792. The van der Waals surface area contributed by atoms with Crippen LogP contribution in [0.25, 0.3) is 0 Å². The van der Waals surface area contributed by atoms with E-state index in [1.165, 1.54) is 6.08 Å². The van der Waals surface area contributed by atoms with E-state index in [4.69, 9.17) is 0 Å². The molecule has 82 valence electrons. The number of aliphatic hydroxyl groups excluding tert-OH is 1. The summed E-state index contributed by atoms with van der Waals surface area (Å²) in [5, 5.41) is 9.80. The largest absolute Gasteiger partial charge is 0.384 e. The second kappa shape index (κ2) is 4.77. The van der Waals surface area contributed by atoms with Crippen LogP contribution in [0.5, 0.6) is 0 Å². The molecule has 1 aromatic carbocycles. The highest BCUT2D eigenvalue weighted by atomic mass is 16.3. The van der Waals surface area contributed by atoms with Crippen molar-refractivity contribution >= 4 is 0 Å². The Morgan fingerprint density at radius 1 is 1.44 bits per heavy atom. The average molecular weight is 214 g/mol. The van der Waals surface area contributed by atoms with Crippen molar-refractivity contribution in [1.82, 2.24) is 9.55 Å². The molecular weight excluding hydrogens is 200 g/mol. The normalized spacial score (nSPS) is 12.3. The molecule has 0 amide bonds. The third kappa shape index (κ3) is 2.20. The lowest BCUT2D eigenvalue weighted by Crippen LogP contribution is -2.03. The van der Waals surface area contributed by atoms with Gasteiger partial charge in [0.05, 0.1) is 12.4 Å². The minimum atomic E-state index is -0.611. The molecule has 0 fully saturated rings. The van der Waals surface area contributed by atoms with Gasteiger partial charge in [0.1, 0.15) is 0 Å². The van der Waals surface area contributed by atoms with Crippen LogP contribution in [0.2, 0.25) is 0 Å². The maximum absolute atomic E-state index is 9.80. The highest BCUT2D eigenvalue weighted by Crippen LogP contribution is 2.19.